The van der Waals surface area contributed by atoms with E-state index in [0.29, 0.717) is 6.04 Å². The molecular weight excluding hydrogens is 240 g/mol. The maximum Gasteiger partial charge on any atom is 0.0330 e. The smallest absolute Gasteiger partial charge is 0.0330 e. The molecule has 3 heteroatoms. The maximum absolute atomic E-state index is 3.53. The number of hydrogen-bond donors (Lipinski definition) is 1. The summed E-state index contributed by atoms with van der Waals surface area (Å²) < 4.78 is 0. The molecule has 0 saturated carbocycles. The maximum atomic E-state index is 3.53. The summed E-state index contributed by atoms with van der Waals surface area (Å²) in [6.45, 7) is 13.6. The average Bonchev–Trinajstić information content (AvgIpc) is 2.84. The van der Waals surface area contributed by atoms with Crippen molar-refractivity contribution >= 4 is 11.3 Å². The average molecular weight is 268 g/mol. The van der Waals surface area contributed by atoms with E-state index in [1.807, 2.05) is 11.3 Å². The van der Waals surface area contributed by atoms with Gasteiger partial charge in [-0.05, 0) is 50.3 Å². The molecule has 1 unspecified atom stereocenters. The van der Waals surface area contributed by atoms with Gasteiger partial charge >= 0.3 is 0 Å². The lowest BCUT2D eigenvalue weighted by atomic mass is 10.2. The standard InChI is InChI=1S/C15H28N2S/c1-5-17(12-15-7-6-10-18-15)14(4)8-9-16-11-13(2)3/h6-7,10,13-14,16H,5,8-9,11-12H2,1-4H3. The molecular formula is C15H28N2S. The van der Waals surface area contributed by atoms with Crippen LogP contribution in [0.15, 0.2) is 17.5 Å². The Balaban J connectivity index is 2.26. The lowest BCUT2D eigenvalue weighted by Crippen LogP contribution is -2.35. The van der Waals surface area contributed by atoms with Crippen molar-refractivity contribution in [3.63, 3.8) is 0 Å². The molecule has 0 spiro atoms. The van der Waals surface area contributed by atoms with Crippen molar-refractivity contribution in [1.29, 1.82) is 0 Å². The van der Waals surface area contributed by atoms with Gasteiger partial charge in [-0.3, -0.25) is 4.90 Å². The summed E-state index contributed by atoms with van der Waals surface area (Å²) in [6.07, 6.45) is 1.23. The van der Waals surface area contributed by atoms with Gasteiger partial charge in [0.1, 0.15) is 0 Å². The fraction of sp³-hybridized carbons (Fsp3) is 0.733. The van der Waals surface area contributed by atoms with E-state index in [0.717, 1.165) is 32.1 Å². The van der Waals surface area contributed by atoms with Crippen LogP contribution in [0.25, 0.3) is 0 Å². The molecule has 2 nitrogen and oxygen atoms in total. The van der Waals surface area contributed by atoms with Gasteiger partial charge in [-0.1, -0.05) is 26.8 Å². The second-order valence-electron chi connectivity index (χ2n) is 5.38. The molecule has 0 saturated heterocycles. The zero-order valence-electron chi connectivity index (χ0n) is 12.3. The third-order valence-corrected chi connectivity index (χ3v) is 4.12. The van der Waals surface area contributed by atoms with Crippen molar-refractivity contribution in [2.24, 2.45) is 5.92 Å². The number of thiophene rings is 1. The van der Waals surface area contributed by atoms with Gasteiger partial charge in [0.15, 0.2) is 0 Å². The van der Waals surface area contributed by atoms with Crippen LogP contribution in [0.5, 0.6) is 0 Å². The molecule has 0 aliphatic carbocycles. The minimum Gasteiger partial charge on any atom is -0.316 e. The van der Waals surface area contributed by atoms with E-state index in [-0.39, 0.29) is 0 Å². The molecule has 1 rings (SSSR count). The molecule has 1 heterocycles. The Labute approximate surface area is 116 Å². The first-order valence-electron chi connectivity index (χ1n) is 7.10. The van der Waals surface area contributed by atoms with E-state index in [1.54, 1.807) is 0 Å². The van der Waals surface area contributed by atoms with E-state index in [1.165, 1.54) is 11.3 Å². The summed E-state index contributed by atoms with van der Waals surface area (Å²) in [5.41, 5.74) is 0. The van der Waals surface area contributed by atoms with Crippen molar-refractivity contribution in [2.75, 3.05) is 19.6 Å². The first-order valence-corrected chi connectivity index (χ1v) is 7.98. The molecule has 0 radical (unpaired) electrons. The zero-order valence-corrected chi connectivity index (χ0v) is 13.1. The van der Waals surface area contributed by atoms with E-state index in [4.69, 9.17) is 0 Å². The van der Waals surface area contributed by atoms with Crippen LogP contribution < -0.4 is 5.32 Å². The van der Waals surface area contributed by atoms with Crippen molar-refractivity contribution in [3.8, 4) is 0 Å². The van der Waals surface area contributed by atoms with Crippen LogP contribution in [-0.4, -0.2) is 30.6 Å². The number of hydrogen-bond acceptors (Lipinski definition) is 3. The largest absolute Gasteiger partial charge is 0.316 e. The van der Waals surface area contributed by atoms with Crippen LogP contribution in [0.2, 0.25) is 0 Å². The number of nitrogens with zero attached hydrogens (tertiary/aromatic N) is 1. The molecule has 0 amide bonds. The van der Waals surface area contributed by atoms with E-state index >= 15 is 0 Å². The van der Waals surface area contributed by atoms with Crippen molar-refractivity contribution in [1.82, 2.24) is 10.2 Å². The van der Waals surface area contributed by atoms with E-state index < -0.39 is 0 Å². The van der Waals surface area contributed by atoms with Gasteiger partial charge in [0.25, 0.3) is 0 Å². The van der Waals surface area contributed by atoms with Crippen LogP contribution in [-0.2, 0) is 6.54 Å². The van der Waals surface area contributed by atoms with E-state index in [9.17, 15) is 0 Å². The third-order valence-electron chi connectivity index (χ3n) is 3.26. The molecule has 0 bridgehead atoms. The predicted molar refractivity (Wildman–Crippen MR) is 82.2 cm³/mol. The van der Waals surface area contributed by atoms with Crippen LogP contribution in [0.4, 0.5) is 0 Å². The van der Waals surface area contributed by atoms with Crippen LogP contribution >= 0.6 is 11.3 Å². The summed E-state index contributed by atoms with van der Waals surface area (Å²) in [4.78, 5) is 4.03. The zero-order chi connectivity index (χ0) is 13.4. The van der Waals surface area contributed by atoms with Crippen LogP contribution in [0.1, 0.15) is 39.0 Å². The third kappa shape index (κ3) is 5.98. The Kier molecular flexibility index (Phi) is 7.56. The first-order chi connectivity index (χ1) is 8.63. The summed E-state index contributed by atoms with van der Waals surface area (Å²) in [7, 11) is 0. The highest BCUT2D eigenvalue weighted by Crippen LogP contribution is 2.14. The fourth-order valence-electron chi connectivity index (χ4n) is 2.07. The van der Waals surface area contributed by atoms with Gasteiger partial charge in [0.2, 0.25) is 0 Å². The normalized spacial score (nSPS) is 13.4. The Morgan fingerprint density at radius 1 is 1.33 bits per heavy atom. The molecule has 0 fully saturated rings. The topological polar surface area (TPSA) is 15.3 Å². The Morgan fingerprint density at radius 2 is 2.11 bits per heavy atom. The van der Waals surface area contributed by atoms with Crippen molar-refractivity contribution in [2.45, 2.75) is 46.7 Å². The van der Waals surface area contributed by atoms with Gasteiger partial charge in [0.05, 0.1) is 0 Å². The minimum absolute atomic E-state index is 0.650. The van der Waals surface area contributed by atoms with Gasteiger partial charge in [-0.25, -0.2) is 0 Å². The number of rotatable bonds is 9. The second kappa shape index (κ2) is 8.68. The molecule has 0 aromatic carbocycles. The molecule has 18 heavy (non-hydrogen) atoms. The monoisotopic (exact) mass is 268 g/mol. The first kappa shape index (κ1) is 15.7. The highest BCUT2D eigenvalue weighted by atomic mass is 32.1. The Hall–Kier alpha value is -0.380. The molecule has 1 aromatic rings. The predicted octanol–water partition coefficient (Wildman–Crippen LogP) is 3.59. The molecule has 1 atom stereocenters. The molecule has 1 aromatic heterocycles. The fourth-order valence-corrected chi connectivity index (χ4v) is 2.80. The van der Waals surface area contributed by atoms with Gasteiger partial charge in [-0.2, -0.15) is 0 Å². The molecule has 0 aliphatic rings. The summed E-state index contributed by atoms with van der Waals surface area (Å²) >= 11 is 1.86. The highest BCUT2D eigenvalue weighted by molar-refractivity contribution is 7.09. The molecule has 1 N–H and O–H groups in total. The molecule has 104 valence electrons. The van der Waals surface area contributed by atoms with Crippen molar-refractivity contribution in [3.05, 3.63) is 22.4 Å². The second-order valence-corrected chi connectivity index (χ2v) is 6.41. The quantitative estimate of drug-likeness (QED) is 0.689. The Morgan fingerprint density at radius 3 is 2.67 bits per heavy atom. The van der Waals surface area contributed by atoms with Gasteiger partial charge < -0.3 is 5.32 Å². The van der Waals surface area contributed by atoms with Crippen LogP contribution in [0.3, 0.4) is 0 Å². The number of nitrogens with one attached hydrogen (secondary N) is 1. The lowest BCUT2D eigenvalue weighted by molar-refractivity contribution is 0.202. The minimum atomic E-state index is 0.650. The summed E-state index contributed by atoms with van der Waals surface area (Å²) in [6, 6.07) is 5.02. The Bertz CT molecular complexity index is 295. The van der Waals surface area contributed by atoms with E-state index in [2.05, 4.69) is 55.4 Å². The van der Waals surface area contributed by atoms with Gasteiger partial charge in [-0.15, -0.1) is 11.3 Å². The lowest BCUT2D eigenvalue weighted by Gasteiger charge is -2.27. The van der Waals surface area contributed by atoms with Gasteiger partial charge in [0, 0.05) is 17.5 Å². The van der Waals surface area contributed by atoms with Crippen LogP contribution in [0, 0.1) is 5.92 Å². The molecule has 0 aliphatic heterocycles. The SMILES string of the molecule is CCN(Cc1cccs1)C(C)CCNCC(C)C. The highest BCUT2D eigenvalue weighted by Gasteiger charge is 2.12. The summed E-state index contributed by atoms with van der Waals surface area (Å²) in [5, 5.41) is 5.69. The van der Waals surface area contributed by atoms with Crippen molar-refractivity contribution < 1.29 is 0 Å². The summed E-state index contributed by atoms with van der Waals surface area (Å²) in [5.74, 6) is 0.744.